The van der Waals surface area contributed by atoms with E-state index in [4.69, 9.17) is 0 Å². The van der Waals surface area contributed by atoms with Gasteiger partial charge in [-0.3, -0.25) is 0 Å². The highest BCUT2D eigenvalue weighted by Gasteiger charge is 2.33. The van der Waals surface area contributed by atoms with E-state index in [9.17, 15) is 0 Å². The van der Waals surface area contributed by atoms with Crippen LogP contribution in [-0.2, 0) is 0 Å². The van der Waals surface area contributed by atoms with Gasteiger partial charge in [-0.15, -0.1) is 22.7 Å². The quantitative estimate of drug-likeness (QED) is 0.286. The van der Waals surface area contributed by atoms with Crippen LogP contribution in [0.1, 0.15) is 20.9 Å². The fourth-order valence-electron chi connectivity index (χ4n) is 4.04. The molecule has 0 radical (unpaired) electrons. The highest BCUT2D eigenvalue weighted by Crippen LogP contribution is 2.56. The Bertz CT molecular complexity index is 1060. The second-order valence-corrected chi connectivity index (χ2v) is 8.00. The Morgan fingerprint density at radius 3 is 1.29 bits per heavy atom. The summed E-state index contributed by atoms with van der Waals surface area (Å²) in [5.74, 6) is 0. The van der Waals surface area contributed by atoms with Crippen LogP contribution in [0.25, 0.3) is 33.4 Å². The number of thiophene rings is 2. The summed E-state index contributed by atoms with van der Waals surface area (Å²) in [6.45, 7) is 0. The van der Waals surface area contributed by atoms with Crippen molar-refractivity contribution >= 4 is 33.8 Å². The molecule has 0 fully saturated rings. The molecule has 0 amide bonds. The van der Waals surface area contributed by atoms with Crippen molar-refractivity contribution in [2.24, 2.45) is 0 Å². The van der Waals surface area contributed by atoms with E-state index in [2.05, 4.69) is 71.4 Å². The first kappa shape index (κ1) is 12.9. The van der Waals surface area contributed by atoms with E-state index in [0.29, 0.717) is 0 Å². The second-order valence-electron chi connectivity index (χ2n) is 6.17. The zero-order valence-corrected chi connectivity index (χ0v) is 14.4. The number of hydrogen-bond acceptors (Lipinski definition) is 2. The normalized spacial score (nSPS) is 16.7. The van der Waals surface area contributed by atoms with Crippen molar-refractivity contribution in [1.82, 2.24) is 0 Å². The molecule has 2 heterocycles. The van der Waals surface area contributed by atoms with Gasteiger partial charge in [0.1, 0.15) is 0 Å². The Morgan fingerprint density at radius 1 is 0.417 bits per heavy atom. The topological polar surface area (TPSA) is 0 Å². The fourth-order valence-corrected chi connectivity index (χ4v) is 5.99. The molecule has 0 saturated heterocycles. The van der Waals surface area contributed by atoms with Gasteiger partial charge in [0, 0.05) is 32.0 Å². The molecule has 0 saturated carbocycles. The molecule has 4 aromatic rings. The summed E-state index contributed by atoms with van der Waals surface area (Å²) in [5, 5.41) is 4.44. The van der Waals surface area contributed by atoms with Gasteiger partial charge in [0.15, 0.2) is 0 Å². The first-order valence-corrected chi connectivity index (χ1v) is 9.79. The predicted octanol–water partition coefficient (Wildman–Crippen LogP) is 6.78. The van der Waals surface area contributed by atoms with Crippen LogP contribution in [0.15, 0.2) is 71.4 Å². The van der Waals surface area contributed by atoms with Crippen LogP contribution in [-0.4, -0.2) is 0 Å². The third-order valence-corrected chi connectivity index (χ3v) is 6.87. The van der Waals surface area contributed by atoms with Crippen LogP contribution < -0.4 is 0 Å². The zero-order chi connectivity index (χ0) is 15.7. The summed E-state index contributed by atoms with van der Waals surface area (Å²) >= 11 is 3.72. The lowest BCUT2D eigenvalue weighted by molar-refractivity contribution is 1.64. The molecule has 2 aromatic heterocycles. The maximum absolute atomic E-state index is 2.28. The molecule has 24 heavy (non-hydrogen) atoms. The van der Waals surface area contributed by atoms with Crippen molar-refractivity contribution in [2.75, 3.05) is 0 Å². The molecule has 0 atom stereocenters. The van der Waals surface area contributed by atoms with E-state index < -0.39 is 0 Å². The molecule has 2 aromatic carbocycles. The number of rotatable bonds is 0. The SMILES string of the molecule is c1ccc2c(c1)/C(=C1/c3ccccc3-c3ccsc31)c1sccc1-2. The highest BCUT2D eigenvalue weighted by molar-refractivity contribution is 7.13. The summed E-state index contributed by atoms with van der Waals surface area (Å²) < 4.78 is 0. The lowest BCUT2D eigenvalue weighted by Crippen LogP contribution is -1.88. The smallest absolute Gasteiger partial charge is 0.0434 e. The highest BCUT2D eigenvalue weighted by atomic mass is 32.1. The summed E-state index contributed by atoms with van der Waals surface area (Å²) in [6, 6.07) is 22.2. The monoisotopic (exact) mass is 340 g/mol. The first-order valence-electron chi connectivity index (χ1n) is 8.03. The van der Waals surface area contributed by atoms with Gasteiger partial charge < -0.3 is 0 Å². The minimum Gasteiger partial charge on any atom is -0.143 e. The number of benzene rings is 2. The van der Waals surface area contributed by atoms with E-state index in [1.165, 1.54) is 54.3 Å². The van der Waals surface area contributed by atoms with Gasteiger partial charge in [0.25, 0.3) is 0 Å². The molecule has 2 aliphatic rings. The molecule has 0 N–H and O–H groups in total. The first-order chi connectivity index (χ1) is 11.9. The van der Waals surface area contributed by atoms with E-state index >= 15 is 0 Å². The van der Waals surface area contributed by atoms with Gasteiger partial charge in [-0.1, -0.05) is 48.5 Å². The Kier molecular flexibility index (Phi) is 2.46. The maximum Gasteiger partial charge on any atom is 0.0434 e. The van der Waals surface area contributed by atoms with Gasteiger partial charge in [-0.05, 0) is 45.1 Å². The molecule has 2 heteroatoms. The molecule has 0 spiro atoms. The van der Waals surface area contributed by atoms with Gasteiger partial charge in [0.2, 0.25) is 0 Å². The van der Waals surface area contributed by atoms with Gasteiger partial charge >= 0.3 is 0 Å². The predicted molar refractivity (Wildman–Crippen MR) is 105 cm³/mol. The average molecular weight is 340 g/mol. The molecule has 0 unspecified atom stereocenters. The van der Waals surface area contributed by atoms with E-state index in [1.807, 2.05) is 22.7 Å². The fraction of sp³-hybridized carbons (Fsp3) is 0. The lowest BCUT2D eigenvalue weighted by atomic mass is 9.97. The minimum absolute atomic E-state index is 1.37. The van der Waals surface area contributed by atoms with Crippen LogP contribution in [0.3, 0.4) is 0 Å². The molecule has 0 bridgehead atoms. The van der Waals surface area contributed by atoms with E-state index in [0.717, 1.165) is 0 Å². The summed E-state index contributed by atoms with van der Waals surface area (Å²) in [5.41, 5.74) is 11.1. The van der Waals surface area contributed by atoms with Crippen LogP contribution in [0.5, 0.6) is 0 Å². The van der Waals surface area contributed by atoms with Gasteiger partial charge in [0.05, 0.1) is 0 Å². The molecule has 6 rings (SSSR count). The molecular formula is C22H12S2. The van der Waals surface area contributed by atoms with Crippen molar-refractivity contribution in [3.63, 3.8) is 0 Å². The van der Waals surface area contributed by atoms with Crippen LogP contribution in [0.4, 0.5) is 0 Å². The summed E-state index contributed by atoms with van der Waals surface area (Å²) in [4.78, 5) is 2.84. The Labute approximate surface area is 148 Å². The zero-order valence-electron chi connectivity index (χ0n) is 12.7. The lowest BCUT2D eigenvalue weighted by Gasteiger charge is -2.09. The van der Waals surface area contributed by atoms with Crippen molar-refractivity contribution < 1.29 is 0 Å². The summed E-state index contributed by atoms with van der Waals surface area (Å²) in [7, 11) is 0. The standard InChI is InChI=1S/C22H12S2/c1-3-7-15-13(5-1)17-9-11-23-21(17)19(15)20-16-8-4-2-6-14(16)18-10-12-24-22(18)20/h1-12H/b20-19+. The number of fused-ring (bicyclic) bond motifs is 6. The average Bonchev–Trinajstić information content (AvgIpc) is 3.36. The van der Waals surface area contributed by atoms with E-state index in [1.54, 1.807) is 0 Å². The Hall–Kier alpha value is -2.42. The second kappa shape index (κ2) is 4.56. The third kappa shape index (κ3) is 1.48. The van der Waals surface area contributed by atoms with Crippen molar-refractivity contribution in [3.05, 3.63) is 92.3 Å². The van der Waals surface area contributed by atoms with Crippen molar-refractivity contribution in [2.45, 2.75) is 0 Å². The molecule has 112 valence electrons. The van der Waals surface area contributed by atoms with E-state index in [-0.39, 0.29) is 0 Å². The van der Waals surface area contributed by atoms with Gasteiger partial charge in [-0.2, -0.15) is 0 Å². The molecule has 2 aliphatic carbocycles. The summed E-state index contributed by atoms with van der Waals surface area (Å²) in [6.07, 6.45) is 0. The maximum atomic E-state index is 2.28. The minimum atomic E-state index is 1.37. The molecular weight excluding hydrogens is 328 g/mol. The molecule has 0 aliphatic heterocycles. The van der Waals surface area contributed by atoms with Crippen molar-refractivity contribution in [3.8, 4) is 22.3 Å². The van der Waals surface area contributed by atoms with Crippen LogP contribution >= 0.6 is 22.7 Å². The molecule has 0 nitrogen and oxygen atoms in total. The Morgan fingerprint density at radius 2 is 0.833 bits per heavy atom. The van der Waals surface area contributed by atoms with Crippen LogP contribution in [0, 0.1) is 0 Å². The Balaban J connectivity index is 1.82. The largest absolute Gasteiger partial charge is 0.143 e. The third-order valence-electron chi connectivity index (χ3n) is 5.01. The van der Waals surface area contributed by atoms with Crippen LogP contribution in [0.2, 0.25) is 0 Å². The van der Waals surface area contributed by atoms with Crippen molar-refractivity contribution in [1.29, 1.82) is 0 Å². The number of hydrogen-bond donors (Lipinski definition) is 0. The van der Waals surface area contributed by atoms with Gasteiger partial charge in [-0.25, -0.2) is 0 Å².